The second-order valence-electron chi connectivity index (χ2n) is 7.00. The quantitative estimate of drug-likeness (QED) is 0.542. The molecule has 1 heterocycles. The van der Waals surface area contributed by atoms with Crippen molar-refractivity contribution >= 4 is 27.3 Å². The molecule has 0 bridgehead atoms. The molecular weight excluding hydrogens is 416 g/mol. The van der Waals surface area contributed by atoms with Crippen molar-refractivity contribution in [2.75, 3.05) is 6.54 Å². The van der Waals surface area contributed by atoms with Gasteiger partial charge in [0.2, 0.25) is 10.0 Å². The standard InChI is InChI=1S/C23H26N2O3S2/c1-4-17-9-11-18(12-10-17)22(21-7-6-14-29-21)25-23(26)20-15-19(13-8-16(20)3)30(27,28)24-5-2/h6-15,22,24H,4-5H2,1-3H3,(H,25,26). The van der Waals surface area contributed by atoms with E-state index in [4.69, 9.17) is 0 Å². The number of benzene rings is 2. The van der Waals surface area contributed by atoms with Crippen LogP contribution in [0.25, 0.3) is 0 Å². The Kier molecular flexibility index (Phi) is 7.07. The number of rotatable bonds is 8. The van der Waals surface area contributed by atoms with Gasteiger partial charge in [0.1, 0.15) is 0 Å². The van der Waals surface area contributed by atoms with Gasteiger partial charge in [-0.2, -0.15) is 0 Å². The molecule has 1 amide bonds. The van der Waals surface area contributed by atoms with Gasteiger partial charge in [0.05, 0.1) is 10.9 Å². The first kappa shape index (κ1) is 22.2. The third-order valence-corrected chi connectivity index (χ3v) is 7.40. The summed E-state index contributed by atoms with van der Waals surface area (Å²) in [5.41, 5.74) is 3.28. The zero-order valence-corrected chi connectivity index (χ0v) is 18.9. The normalized spacial score (nSPS) is 12.5. The van der Waals surface area contributed by atoms with Crippen LogP contribution in [-0.4, -0.2) is 20.9 Å². The number of sulfonamides is 1. The van der Waals surface area contributed by atoms with E-state index in [1.807, 2.05) is 29.6 Å². The average molecular weight is 443 g/mol. The molecule has 7 heteroatoms. The van der Waals surface area contributed by atoms with E-state index >= 15 is 0 Å². The van der Waals surface area contributed by atoms with Crippen LogP contribution in [0, 0.1) is 6.92 Å². The SMILES string of the molecule is CCNS(=O)(=O)c1ccc(C)c(C(=O)NC(c2ccc(CC)cc2)c2cccs2)c1. The van der Waals surface area contributed by atoms with Crippen LogP contribution >= 0.6 is 11.3 Å². The fraction of sp³-hybridized carbons (Fsp3) is 0.261. The van der Waals surface area contributed by atoms with E-state index in [1.54, 1.807) is 31.3 Å². The van der Waals surface area contributed by atoms with Crippen LogP contribution in [0.1, 0.15) is 51.8 Å². The summed E-state index contributed by atoms with van der Waals surface area (Å²) in [6.07, 6.45) is 0.947. The van der Waals surface area contributed by atoms with Gasteiger partial charge in [-0.3, -0.25) is 4.79 Å². The molecular formula is C23H26N2O3S2. The predicted octanol–water partition coefficient (Wildman–Crippen LogP) is 4.44. The minimum Gasteiger partial charge on any atom is -0.340 e. The maximum Gasteiger partial charge on any atom is 0.252 e. The summed E-state index contributed by atoms with van der Waals surface area (Å²) in [7, 11) is -3.64. The summed E-state index contributed by atoms with van der Waals surface area (Å²) in [5, 5.41) is 5.07. The Bertz CT molecular complexity index is 1110. The second kappa shape index (κ2) is 9.55. The summed E-state index contributed by atoms with van der Waals surface area (Å²) < 4.78 is 27.2. The molecule has 0 aliphatic rings. The number of thiophene rings is 1. The number of carbonyl (C=O) groups is 1. The van der Waals surface area contributed by atoms with Gasteiger partial charge in [0, 0.05) is 17.0 Å². The first-order chi connectivity index (χ1) is 14.4. The number of hydrogen-bond donors (Lipinski definition) is 2. The summed E-state index contributed by atoms with van der Waals surface area (Å²) in [4.78, 5) is 14.3. The molecule has 0 saturated heterocycles. The minimum absolute atomic E-state index is 0.0834. The lowest BCUT2D eigenvalue weighted by Gasteiger charge is -2.19. The highest BCUT2D eigenvalue weighted by molar-refractivity contribution is 7.89. The van der Waals surface area contributed by atoms with Crippen molar-refractivity contribution in [2.45, 2.75) is 38.1 Å². The molecule has 3 aromatic rings. The lowest BCUT2D eigenvalue weighted by Crippen LogP contribution is -2.30. The van der Waals surface area contributed by atoms with Gasteiger partial charge < -0.3 is 5.32 Å². The maximum absolute atomic E-state index is 13.2. The van der Waals surface area contributed by atoms with Crippen LogP contribution in [0.15, 0.2) is 64.9 Å². The predicted molar refractivity (Wildman–Crippen MR) is 121 cm³/mol. The largest absolute Gasteiger partial charge is 0.340 e. The van der Waals surface area contributed by atoms with Gasteiger partial charge in [-0.15, -0.1) is 11.3 Å². The molecule has 158 valence electrons. The number of nitrogens with one attached hydrogen (secondary N) is 2. The molecule has 1 aromatic heterocycles. The molecule has 1 unspecified atom stereocenters. The summed E-state index contributed by atoms with van der Waals surface area (Å²) in [6, 6.07) is 16.4. The van der Waals surface area contributed by atoms with Gasteiger partial charge >= 0.3 is 0 Å². The van der Waals surface area contributed by atoms with Crippen molar-refractivity contribution in [3.05, 3.63) is 87.1 Å². The van der Waals surface area contributed by atoms with Crippen LogP contribution in [0.3, 0.4) is 0 Å². The van der Waals surface area contributed by atoms with Gasteiger partial charge in [0.15, 0.2) is 0 Å². The van der Waals surface area contributed by atoms with Crippen LogP contribution < -0.4 is 10.0 Å². The highest BCUT2D eigenvalue weighted by Gasteiger charge is 2.22. The zero-order chi connectivity index (χ0) is 21.7. The van der Waals surface area contributed by atoms with Crippen LogP contribution in [0.2, 0.25) is 0 Å². The highest BCUT2D eigenvalue weighted by atomic mass is 32.2. The van der Waals surface area contributed by atoms with Gasteiger partial charge in [-0.25, -0.2) is 13.1 Å². The first-order valence-electron chi connectivity index (χ1n) is 9.89. The van der Waals surface area contributed by atoms with Crippen molar-refractivity contribution < 1.29 is 13.2 Å². The molecule has 2 N–H and O–H groups in total. The van der Waals surface area contributed by atoms with Gasteiger partial charge in [-0.05, 0) is 53.6 Å². The van der Waals surface area contributed by atoms with Crippen LogP contribution in [0.5, 0.6) is 0 Å². The highest BCUT2D eigenvalue weighted by Crippen LogP contribution is 2.27. The van der Waals surface area contributed by atoms with E-state index in [9.17, 15) is 13.2 Å². The Morgan fingerprint density at radius 2 is 1.80 bits per heavy atom. The molecule has 30 heavy (non-hydrogen) atoms. The minimum atomic E-state index is -3.64. The van der Waals surface area contributed by atoms with Gasteiger partial charge in [-0.1, -0.05) is 50.2 Å². The maximum atomic E-state index is 13.2. The van der Waals surface area contributed by atoms with Crippen molar-refractivity contribution in [1.82, 2.24) is 10.0 Å². The molecule has 0 radical (unpaired) electrons. The number of hydrogen-bond acceptors (Lipinski definition) is 4. The van der Waals surface area contributed by atoms with E-state index < -0.39 is 10.0 Å². The van der Waals surface area contributed by atoms with Crippen molar-refractivity contribution in [3.63, 3.8) is 0 Å². The summed E-state index contributed by atoms with van der Waals surface area (Å²) in [6.45, 7) is 5.90. The van der Waals surface area contributed by atoms with Crippen LogP contribution in [0.4, 0.5) is 0 Å². The third kappa shape index (κ3) is 4.98. The Balaban J connectivity index is 1.94. The number of aryl methyl sites for hydroxylation is 2. The zero-order valence-electron chi connectivity index (χ0n) is 17.3. The number of carbonyl (C=O) groups excluding carboxylic acids is 1. The Morgan fingerprint density at radius 3 is 2.40 bits per heavy atom. The lowest BCUT2D eigenvalue weighted by molar-refractivity contribution is 0.0942. The van der Waals surface area contributed by atoms with Crippen LogP contribution in [-0.2, 0) is 16.4 Å². The molecule has 0 spiro atoms. The fourth-order valence-corrected chi connectivity index (χ4v) is 5.08. The summed E-state index contributed by atoms with van der Waals surface area (Å²) in [5.74, 6) is -0.306. The monoisotopic (exact) mass is 442 g/mol. The molecule has 0 aliphatic carbocycles. The van der Waals surface area contributed by atoms with Crippen molar-refractivity contribution in [2.24, 2.45) is 0 Å². The van der Waals surface area contributed by atoms with E-state index in [-0.39, 0.29) is 23.4 Å². The van der Waals surface area contributed by atoms with E-state index in [0.29, 0.717) is 11.1 Å². The second-order valence-corrected chi connectivity index (χ2v) is 9.74. The average Bonchev–Trinajstić information content (AvgIpc) is 3.26. The molecule has 2 aromatic carbocycles. The molecule has 5 nitrogen and oxygen atoms in total. The van der Waals surface area contributed by atoms with Crippen molar-refractivity contribution in [1.29, 1.82) is 0 Å². The number of amides is 1. The van der Waals surface area contributed by atoms with Crippen molar-refractivity contribution in [3.8, 4) is 0 Å². The first-order valence-corrected chi connectivity index (χ1v) is 12.3. The molecule has 1 atom stereocenters. The topological polar surface area (TPSA) is 75.3 Å². The van der Waals surface area contributed by atoms with E-state index in [1.165, 1.54) is 17.7 Å². The Labute approximate surface area is 182 Å². The molecule has 0 aliphatic heterocycles. The van der Waals surface area contributed by atoms with E-state index in [0.717, 1.165) is 16.9 Å². The van der Waals surface area contributed by atoms with E-state index in [2.05, 4.69) is 29.1 Å². The fourth-order valence-electron chi connectivity index (χ4n) is 3.22. The molecule has 0 fully saturated rings. The molecule has 0 saturated carbocycles. The van der Waals surface area contributed by atoms with Gasteiger partial charge in [0.25, 0.3) is 5.91 Å². The molecule has 3 rings (SSSR count). The lowest BCUT2D eigenvalue weighted by atomic mass is 10.0. The third-order valence-electron chi connectivity index (χ3n) is 4.92. The Hall–Kier alpha value is -2.48. The summed E-state index contributed by atoms with van der Waals surface area (Å²) >= 11 is 1.57. The smallest absolute Gasteiger partial charge is 0.252 e. The Morgan fingerprint density at radius 1 is 1.07 bits per heavy atom.